The van der Waals surface area contributed by atoms with E-state index in [0.29, 0.717) is 18.7 Å². The van der Waals surface area contributed by atoms with Gasteiger partial charge in [0, 0.05) is 31.0 Å². The average molecular weight is 438 g/mol. The lowest BCUT2D eigenvalue weighted by molar-refractivity contribution is -0.140. The molecule has 1 aliphatic rings. The Kier molecular flexibility index (Phi) is 6.99. The van der Waals surface area contributed by atoms with Crippen molar-refractivity contribution in [3.8, 4) is 5.75 Å². The Labute approximate surface area is 189 Å². The van der Waals surface area contributed by atoms with Gasteiger partial charge in [0.05, 0.1) is 18.7 Å². The number of likely N-dealkylation sites (N-methyl/N-ethyl adjacent to an activating group) is 1. The highest BCUT2D eigenvalue weighted by Crippen LogP contribution is 2.41. The summed E-state index contributed by atoms with van der Waals surface area (Å²) in [6, 6.07) is 6.57. The Bertz CT molecular complexity index is 1040. The van der Waals surface area contributed by atoms with Gasteiger partial charge in [-0.05, 0) is 67.9 Å². The Morgan fingerprint density at radius 2 is 1.88 bits per heavy atom. The number of pyridine rings is 1. The first-order chi connectivity index (χ1) is 15.2. The quantitative estimate of drug-likeness (QED) is 0.406. The number of ketones is 1. The van der Waals surface area contributed by atoms with Crippen LogP contribution in [0.1, 0.15) is 48.1 Å². The molecule has 32 heavy (non-hydrogen) atoms. The summed E-state index contributed by atoms with van der Waals surface area (Å²) in [5, 5.41) is 11.4. The van der Waals surface area contributed by atoms with E-state index in [4.69, 9.17) is 4.74 Å². The minimum atomic E-state index is -0.679. The number of amides is 1. The normalized spacial score (nSPS) is 18.1. The predicted octanol–water partition coefficient (Wildman–Crippen LogP) is 3.51. The van der Waals surface area contributed by atoms with Crippen LogP contribution in [0.3, 0.4) is 0 Å². The number of aryl methyl sites for hydroxylation is 1. The Morgan fingerprint density at radius 1 is 1.22 bits per heavy atom. The maximum Gasteiger partial charge on any atom is 0.295 e. The molecule has 0 aliphatic carbocycles. The number of ether oxygens (including phenoxy) is 1. The van der Waals surface area contributed by atoms with Crippen molar-refractivity contribution < 1.29 is 19.4 Å². The fourth-order valence-electron chi connectivity index (χ4n) is 4.04. The van der Waals surface area contributed by atoms with Crippen molar-refractivity contribution in [2.45, 2.75) is 32.7 Å². The van der Waals surface area contributed by atoms with Crippen LogP contribution in [-0.4, -0.2) is 65.9 Å². The first-order valence-electron chi connectivity index (χ1n) is 10.7. The molecule has 1 aliphatic heterocycles. The third kappa shape index (κ3) is 4.39. The number of carbonyl (C=O) groups is 2. The molecule has 1 aromatic heterocycles. The average Bonchev–Trinajstić information content (AvgIpc) is 3.02. The lowest BCUT2D eigenvalue weighted by atomic mass is 9.91. The van der Waals surface area contributed by atoms with Crippen molar-refractivity contribution in [2.24, 2.45) is 0 Å². The van der Waals surface area contributed by atoms with Crippen LogP contribution in [0.4, 0.5) is 0 Å². The number of hydrogen-bond acceptors (Lipinski definition) is 6. The number of benzene rings is 1. The zero-order chi connectivity index (χ0) is 23.6. The maximum atomic E-state index is 13.1. The van der Waals surface area contributed by atoms with Gasteiger partial charge in [0.1, 0.15) is 11.5 Å². The maximum absolute atomic E-state index is 13.1. The standard InChI is InChI=1S/C25H31N3O4/c1-15(2)18-14-19(16(3)13-20(18)32-6)23(29)21-22(17-7-9-26-10-8-17)28(12-11-27(4)5)25(31)24(21)30/h7-10,13-15,22,29H,11-12H2,1-6H3/b23-21+. The number of aliphatic hydroxyl groups excluding tert-OH is 1. The lowest BCUT2D eigenvalue weighted by Crippen LogP contribution is -2.35. The number of nitrogens with zero attached hydrogens (tertiary/aromatic N) is 3. The summed E-state index contributed by atoms with van der Waals surface area (Å²) in [5.74, 6) is -0.573. The second kappa shape index (κ2) is 9.53. The van der Waals surface area contributed by atoms with Crippen LogP contribution in [0.25, 0.3) is 5.76 Å². The highest BCUT2D eigenvalue weighted by atomic mass is 16.5. The second-order valence-electron chi connectivity index (χ2n) is 8.64. The Balaban J connectivity index is 2.21. The van der Waals surface area contributed by atoms with Gasteiger partial charge in [-0.1, -0.05) is 13.8 Å². The molecule has 1 unspecified atom stereocenters. The number of aliphatic hydroxyl groups is 1. The monoisotopic (exact) mass is 437 g/mol. The van der Waals surface area contributed by atoms with Crippen molar-refractivity contribution in [2.75, 3.05) is 34.3 Å². The number of Topliss-reactive ketones (excluding diaryl/α,β-unsaturated/α-hetero) is 1. The van der Waals surface area contributed by atoms with E-state index in [-0.39, 0.29) is 17.3 Å². The van der Waals surface area contributed by atoms with E-state index < -0.39 is 17.7 Å². The van der Waals surface area contributed by atoms with E-state index in [0.717, 1.165) is 22.4 Å². The summed E-state index contributed by atoms with van der Waals surface area (Å²) in [5.41, 5.74) is 3.04. The molecule has 0 saturated carbocycles. The van der Waals surface area contributed by atoms with E-state index in [1.165, 1.54) is 4.90 Å². The molecule has 1 atom stereocenters. The number of rotatable bonds is 7. The molecule has 7 nitrogen and oxygen atoms in total. The zero-order valence-electron chi connectivity index (χ0n) is 19.5. The summed E-state index contributed by atoms with van der Waals surface area (Å²) in [6.45, 7) is 6.88. The highest BCUT2D eigenvalue weighted by Gasteiger charge is 2.46. The first-order valence-corrected chi connectivity index (χ1v) is 10.7. The number of likely N-dealkylation sites (tertiary alicyclic amines) is 1. The van der Waals surface area contributed by atoms with Crippen molar-refractivity contribution in [1.29, 1.82) is 0 Å². The molecule has 1 N–H and O–H groups in total. The molecule has 1 aromatic carbocycles. The van der Waals surface area contributed by atoms with Crippen LogP contribution in [-0.2, 0) is 9.59 Å². The van der Waals surface area contributed by atoms with E-state index in [2.05, 4.69) is 4.98 Å². The highest BCUT2D eigenvalue weighted by molar-refractivity contribution is 6.46. The molecule has 2 aromatic rings. The minimum Gasteiger partial charge on any atom is -0.507 e. The number of carbonyl (C=O) groups excluding carboxylic acids is 2. The van der Waals surface area contributed by atoms with Gasteiger partial charge >= 0.3 is 0 Å². The molecule has 1 amide bonds. The van der Waals surface area contributed by atoms with Gasteiger partial charge in [-0.3, -0.25) is 14.6 Å². The van der Waals surface area contributed by atoms with Crippen LogP contribution in [0.2, 0.25) is 0 Å². The second-order valence-corrected chi connectivity index (χ2v) is 8.64. The van der Waals surface area contributed by atoms with Gasteiger partial charge in [-0.25, -0.2) is 0 Å². The molecule has 170 valence electrons. The molecule has 7 heteroatoms. The van der Waals surface area contributed by atoms with Crippen LogP contribution in [0.15, 0.2) is 42.2 Å². The molecular weight excluding hydrogens is 406 g/mol. The van der Waals surface area contributed by atoms with E-state index in [1.54, 1.807) is 31.6 Å². The van der Waals surface area contributed by atoms with E-state index in [1.807, 2.05) is 51.9 Å². The SMILES string of the molecule is COc1cc(C)c(/C(O)=C2\C(=O)C(=O)N(CCN(C)C)C2c2ccncc2)cc1C(C)C. The lowest BCUT2D eigenvalue weighted by Gasteiger charge is -2.26. The van der Waals surface area contributed by atoms with Crippen LogP contribution in [0, 0.1) is 6.92 Å². The summed E-state index contributed by atoms with van der Waals surface area (Å²) in [6.07, 6.45) is 3.24. The smallest absolute Gasteiger partial charge is 0.295 e. The number of hydrogen-bond donors (Lipinski definition) is 1. The molecule has 3 rings (SSSR count). The van der Waals surface area contributed by atoms with Crippen molar-refractivity contribution in [3.63, 3.8) is 0 Å². The Morgan fingerprint density at radius 3 is 2.44 bits per heavy atom. The van der Waals surface area contributed by atoms with Crippen LogP contribution >= 0.6 is 0 Å². The summed E-state index contributed by atoms with van der Waals surface area (Å²) in [4.78, 5) is 33.7. The summed E-state index contributed by atoms with van der Waals surface area (Å²) < 4.78 is 5.51. The van der Waals surface area contributed by atoms with Gasteiger partial charge in [-0.2, -0.15) is 0 Å². The number of methoxy groups -OCH3 is 1. The predicted molar refractivity (Wildman–Crippen MR) is 124 cm³/mol. The molecule has 0 bridgehead atoms. The van der Waals surface area contributed by atoms with Crippen LogP contribution in [0.5, 0.6) is 5.75 Å². The molecular formula is C25H31N3O4. The largest absolute Gasteiger partial charge is 0.507 e. The first kappa shape index (κ1) is 23.5. The molecule has 1 fully saturated rings. The number of aromatic nitrogens is 1. The fourth-order valence-corrected chi connectivity index (χ4v) is 4.04. The fraction of sp³-hybridized carbons (Fsp3) is 0.400. The van der Waals surface area contributed by atoms with Crippen molar-refractivity contribution in [3.05, 3.63) is 64.5 Å². The molecule has 0 radical (unpaired) electrons. The van der Waals surface area contributed by atoms with Crippen molar-refractivity contribution >= 4 is 17.4 Å². The molecule has 1 saturated heterocycles. The molecule has 2 heterocycles. The third-order valence-electron chi connectivity index (χ3n) is 5.80. The third-order valence-corrected chi connectivity index (χ3v) is 5.80. The Hall–Kier alpha value is -3.19. The minimum absolute atomic E-state index is 0.0999. The molecule has 0 spiro atoms. The van der Waals surface area contributed by atoms with Crippen molar-refractivity contribution in [1.82, 2.24) is 14.8 Å². The van der Waals surface area contributed by atoms with E-state index >= 15 is 0 Å². The topological polar surface area (TPSA) is 83.0 Å². The van der Waals surface area contributed by atoms with Crippen LogP contribution < -0.4 is 4.74 Å². The van der Waals surface area contributed by atoms with Gasteiger partial charge in [-0.15, -0.1) is 0 Å². The summed E-state index contributed by atoms with van der Waals surface area (Å²) in [7, 11) is 5.43. The van der Waals surface area contributed by atoms with Gasteiger partial charge in [0.15, 0.2) is 0 Å². The zero-order valence-corrected chi connectivity index (χ0v) is 19.5. The van der Waals surface area contributed by atoms with Gasteiger partial charge < -0.3 is 19.6 Å². The van der Waals surface area contributed by atoms with E-state index in [9.17, 15) is 14.7 Å². The summed E-state index contributed by atoms with van der Waals surface area (Å²) >= 11 is 0. The van der Waals surface area contributed by atoms with Gasteiger partial charge in [0.25, 0.3) is 11.7 Å². The van der Waals surface area contributed by atoms with Gasteiger partial charge in [0.2, 0.25) is 0 Å².